The summed E-state index contributed by atoms with van der Waals surface area (Å²) >= 11 is 7.41. The second-order valence-electron chi connectivity index (χ2n) is 6.56. The fourth-order valence-corrected chi connectivity index (χ4v) is 4.51. The molecule has 0 spiro atoms. The summed E-state index contributed by atoms with van der Waals surface area (Å²) in [5.74, 6) is -0.419. The summed E-state index contributed by atoms with van der Waals surface area (Å²) in [5, 5.41) is 5.75. The van der Waals surface area contributed by atoms with Gasteiger partial charge in [0.1, 0.15) is 5.00 Å². The Morgan fingerprint density at radius 2 is 1.73 bits per heavy atom. The lowest BCUT2D eigenvalue weighted by atomic mass is 10.0. The average Bonchev–Trinajstić information content (AvgIpc) is 2.76. The molecule has 2 N–H and O–H groups in total. The Morgan fingerprint density at radius 3 is 2.42 bits per heavy atom. The summed E-state index contributed by atoms with van der Waals surface area (Å²) in [6.07, 6.45) is 5.18. The smallest absolute Gasteiger partial charge is 0.268 e. The van der Waals surface area contributed by atoms with Crippen molar-refractivity contribution in [2.75, 3.05) is 19.4 Å². The van der Waals surface area contributed by atoms with Gasteiger partial charge < -0.3 is 5.32 Å². The summed E-state index contributed by atoms with van der Waals surface area (Å²) in [5.41, 5.74) is 5.00. The van der Waals surface area contributed by atoms with Crippen LogP contribution >= 0.6 is 22.9 Å². The highest BCUT2D eigenvalue weighted by Crippen LogP contribution is 2.37. The number of thiophene rings is 1. The molecule has 0 bridgehead atoms. The van der Waals surface area contributed by atoms with Crippen LogP contribution in [0.1, 0.15) is 50.4 Å². The van der Waals surface area contributed by atoms with Gasteiger partial charge in [-0.25, -0.2) is 5.01 Å². The Labute approximate surface area is 162 Å². The normalized spacial score (nSPS) is 13.8. The second-order valence-corrected chi connectivity index (χ2v) is 8.11. The maximum atomic E-state index is 12.8. The van der Waals surface area contributed by atoms with Gasteiger partial charge in [0.15, 0.2) is 0 Å². The number of aryl methyl sites for hydroxylation is 1. The largest absolute Gasteiger partial charge is 0.313 e. The van der Waals surface area contributed by atoms with Gasteiger partial charge in [0.25, 0.3) is 11.8 Å². The van der Waals surface area contributed by atoms with Crippen molar-refractivity contribution in [1.29, 1.82) is 0 Å². The van der Waals surface area contributed by atoms with E-state index < -0.39 is 0 Å². The number of hydrogen-bond acceptors (Lipinski definition) is 4. The number of rotatable bonds is 4. The lowest BCUT2D eigenvalue weighted by Gasteiger charge is -2.14. The molecule has 1 aliphatic carbocycles. The number of fused-ring (bicyclic) bond motifs is 1. The number of benzene rings is 1. The molecule has 0 saturated carbocycles. The number of hydrazine groups is 1. The summed E-state index contributed by atoms with van der Waals surface area (Å²) in [4.78, 5) is 26.6. The third-order valence-corrected chi connectivity index (χ3v) is 5.77. The van der Waals surface area contributed by atoms with Crippen molar-refractivity contribution in [3.8, 4) is 0 Å². The topological polar surface area (TPSA) is 61.4 Å². The van der Waals surface area contributed by atoms with E-state index in [0.29, 0.717) is 21.2 Å². The Balaban J connectivity index is 1.93. The Hall–Kier alpha value is -1.89. The quantitative estimate of drug-likeness (QED) is 0.608. The van der Waals surface area contributed by atoms with E-state index in [-0.39, 0.29) is 11.8 Å². The molecule has 1 aliphatic rings. The van der Waals surface area contributed by atoms with Crippen molar-refractivity contribution in [3.05, 3.63) is 50.9 Å². The molecule has 0 aliphatic heterocycles. The molecule has 0 unspecified atom stereocenters. The van der Waals surface area contributed by atoms with Crippen LogP contribution in [-0.4, -0.2) is 30.9 Å². The Morgan fingerprint density at radius 1 is 1.04 bits per heavy atom. The molecule has 0 atom stereocenters. The Kier molecular flexibility index (Phi) is 5.96. The number of carbonyl (C=O) groups is 2. The molecular weight excluding hydrogens is 370 g/mol. The number of nitrogens with zero attached hydrogens (tertiary/aromatic N) is 1. The molecule has 26 heavy (non-hydrogen) atoms. The third-order valence-electron chi connectivity index (χ3n) is 4.31. The van der Waals surface area contributed by atoms with Crippen LogP contribution in [0, 0.1) is 0 Å². The minimum atomic E-state index is -0.239. The number of anilines is 1. The predicted molar refractivity (Wildman–Crippen MR) is 106 cm³/mol. The highest BCUT2D eigenvalue weighted by atomic mass is 35.5. The van der Waals surface area contributed by atoms with Crippen LogP contribution in [0.2, 0.25) is 5.02 Å². The first-order valence-electron chi connectivity index (χ1n) is 8.65. The van der Waals surface area contributed by atoms with Gasteiger partial charge >= 0.3 is 0 Å². The van der Waals surface area contributed by atoms with Crippen molar-refractivity contribution in [2.45, 2.75) is 32.1 Å². The van der Waals surface area contributed by atoms with Crippen molar-refractivity contribution in [2.24, 2.45) is 0 Å². The van der Waals surface area contributed by atoms with Crippen LogP contribution in [0.15, 0.2) is 24.3 Å². The Bertz CT molecular complexity index is 815. The van der Waals surface area contributed by atoms with E-state index in [2.05, 4.69) is 10.7 Å². The lowest BCUT2D eigenvalue weighted by molar-refractivity contribution is 0.0857. The number of amides is 2. The molecule has 2 amide bonds. The van der Waals surface area contributed by atoms with E-state index in [0.717, 1.165) is 31.2 Å². The van der Waals surface area contributed by atoms with E-state index >= 15 is 0 Å². The van der Waals surface area contributed by atoms with Crippen LogP contribution in [0.4, 0.5) is 5.00 Å². The molecule has 5 nitrogen and oxygen atoms in total. The molecule has 2 aromatic rings. The summed E-state index contributed by atoms with van der Waals surface area (Å²) in [6, 6.07) is 6.71. The van der Waals surface area contributed by atoms with E-state index in [9.17, 15) is 9.59 Å². The molecule has 1 aromatic carbocycles. The van der Waals surface area contributed by atoms with Gasteiger partial charge in [-0.05, 0) is 55.5 Å². The molecule has 3 rings (SSSR count). The first kappa shape index (κ1) is 18.9. The third kappa shape index (κ3) is 4.26. The molecule has 1 aromatic heterocycles. The zero-order valence-corrected chi connectivity index (χ0v) is 16.5. The summed E-state index contributed by atoms with van der Waals surface area (Å²) in [6.45, 7) is 0. The van der Waals surface area contributed by atoms with Crippen LogP contribution < -0.4 is 10.7 Å². The van der Waals surface area contributed by atoms with Crippen molar-refractivity contribution < 1.29 is 9.59 Å². The number of nitrogens with one attached hydrogen (secondary N) is 2. The zero-order chi connectivity index (χ0) is 18.7. The molecule has 0 radical (unpaired) electrons. The maximum absolute atomic E-state index is 12.8. The van der Waals surface area contributed by atoms with Gasteiger partial charge in [-0.2, -0.15) is 0 Å². The SMILES string of the molecule is CN(C)NC(=O)c1c(NC(=O)c2ccc(Cl)cc2)sc2c1CCCCC2. The minimum absolute atomic E-state index is 0.180. The van der Waals surface area contributed by atoms with Crippen molar-refractivity contribution in [3.63, 3.8) is 0 Å². The van der Waals surface area contributed by atoms with Crippen molar-refractivity contribution in [1.82, 2.24) is 10.4 Å². The maximum Gasteiger partial charge on any atom is 0.268 e. The number of carbonyl (C=O) groups excluding carboxylic acids is 2. The fraction of sp³-hybridized carbons (Fsp3) is 0.368. The second kappa shape index (κ2) is 8.20. The highest BCUT2D eigenvalue weighted by Gasteiger charge is 2.26. The molecule has 7 heteroatoms. The van der Waals surface area contributed by atoms with E-state index in [4.69, 9.17) is 11.6 Å². The molecule has 1 heterocycles. The van der Waals surface area contributed by atoms with Crippen LogP contribution in [0.5, 0.6) is 0 Å². The molecule has 0 saturated heterocycles. The van der Waals surface area contributed by atoms with Gasteiger partial charge in [-0.1, -0.05) is 18.0 Å². The summed E-state index contributed by atoms with van der Waals surface area (Å²) in [7, 11) is 3.55. The van der Waals surface area contributed by atoms with Gasteiger partial charge in [0, 0.05) is 29.6 Å². The van der Waals surface area contributed by atoms with E-state index in [1.165, 1.54) is 22.6 Å². The number of halogens is 1. The lowest BCUT2D eigenvalue weighted by Crippen LogP contribution is -2.36. The van der Waals surface area contributed by atoms with Gasteiger partial charge in [0.05, 0.1) is 5.56 Å². The fourth-order valence-electron chi connectivity index (χ4n) is 3.11. The zero-order valence-electron chi connectivity index (χ0n) is 14.9. The number of hydrogen-bond donors (Lipinski definition) is 2. The minimum Gasteiger partial charge on any atom is -0.313 e. The van der Waals surface area contributed by atoms with Gasteiger partial charge in [-0.15, -0.1) is 11.3 Å². The summed E-state index contributed by atoms with van der Waals surface area (Å²) < 4.78 is 0. The molecule has 138 valence electrons. The molecule has 0 fully saturated rings. The first-order chi connectivity index (χ1) is 12.5. The molecular formula is C19H22ClN3O2S. The predicted octanol–water partition coefficient (Wildman–Crippen LogP) is 4.13. The standard InChI is InChI=1S/C19H22ClN3O2S/c1-23(2)22-18(25)16-14-6-4-3-5-7-15(14)26-19(16)21-17(24)12-8-10-13(20)11-9-12/h8-11H,3-7H2,1-2H3,(H,21,24)(H,22,25). The van der Waals surface area contributed by atoms with Gasteiger partial charge in [-0.3, -0.25) is 15.0 Å². The van der Waals surface area contributed by atoms with Crippen molar-refractivity contribution >= 4 is 39.8 Å². The van der Waals surface area contributed by atoms with E-state index in [1.807, 2.05) is 0 Å². The first-order valence-corrected chi connectivity index (χ1v) is 9.85. The van der Waals surface area contributed by atoms with Crippen LogP contribution in [0.25, 0.3) is 0 Å². The monoisotopic (exact) mass is 391 g/mol. The van der Waals surface area contributed by atoms with Crippen LogP contribution in [0.3, 0.4) is 0 Å². The van der Waals surface area contributed by atoms with Crippen LogP contribution in [-0.2, 0) is 12.8 Å². The highest BCUT2D eigenvalue weighted by molar-refractivity contribution is 7.17. The average molecular weight is 392 g/mol. The van der Waals surface area contributed by atoms with E-state index in [1.54, 1.807) is 43.4 Å². The van der Waals surface area contributed by atoms with Gasteiger partial charge in [0.2, 0.25) is 0 Å².